The number of rotatable bonds is 4. The highest BCUT2D eigenvalue weighted by molar-refractivity contribution is 7.23. The van der Waals surface area contributed by atoms with E-state index in [1.54, 1.807) is 46.9 Å². The smallest absolute Gasteiger partial charge is 0.256 e. The molecule has 2 aromatic carbocycles. The molecule has 0 spiro atoms. The monoisotopic (exact) mass is 494 g/mol. The van der Waals surface area contributed by atoms with E-state index in [0.29, 0.717) is 17.2 Å². The van der Waals surface area contributed by atoms with Crippen LogP contribution in [0.15, 0.2) is 48.5 Å². The van der Waals surface area contributed by atoms with Gasteiger partial charge in [0.1, 0.15) is 10.0 Å². The van der Waals surface area contributed by atoms with Crippen molar-refractivity contribution < 1.29 is 4.79 Å². The Morgan fingerprint density at radius 3 is 2.61 bits per heavy atom. The van der Waals surface area contributed by atoms with Gasteiger partial charge >= 0.3 is 0 Å². The maximum atomic E-state index is 13.0. The van der Waals surface area contributed by atoms with Crippen molar-refractivity contribution in [3.63, 3.8) is 0 Å². The number of thiophene rings is 1. The number of halogens is 1. The first kappa shape index (κ1) is 23.4. The van der Waals surface area contributed by atoms with Gasteiger partial charge in [0, 0.05) is 35.1 Å². The fourth-order valence-corrected chi connectivity index (χ4v) is 6.41. The van der Waals surface area contributed by atoms with E-state index in [4.69, 9.17) is 10.2 Å². The highest BCUT2D eigenvalue weighted by Crippen LogP contribution is 2.46. The van der Waals surface area contributed by atoms with Crippen LogP contribution in [-0.2, 0) is 13.0 Å². The first-order valence-electron chi connectivity index (χ1n) is 10.6. The second-order valence-electron chi connectivity index (χ2n) is 8.15. The Bertz CT molecular complexity index is 1320. The molecule has 4 aromatic rings. The lowest BCUT2D eigenvalue weighted by atomic mass is 10.0. The Labute approximate surface area is 207 Å². The van der Waals surface area contributed by atoms with Gasteiger partial charge in [-0.25, -0.2) is 4.98 Å². The Morgan fingerprint density at radius 2 is 1.91 bits per heavy atom. The Hall–Kier alpha value is -2.76. The third kappa shape index (κ3) is 4.53. The normalized spacial score (nSPS) is 13.4. The molecule has 0 fully saturated rings. The first-order chi connectivity index (χ1) is 15.5. The molecule has 0 unspecified atom stereocenters. The van der Waals surface area contributed by atoms with Crippen LogP contribution >= 0.6 is 35.1 Å². The fraction of sp³-hybridized carbons (Fsp3) is 0.240. The summed E-state index contributed by atoms with van der Waals surface area (Å²) >= 11 is 3.33. The number of carbonyl (C=O) groups excluding carboxylic acids is 1. The number of nitrogens with one attached hydrogen (secondary N) is 1. The second kappa shape index (κ2) is 9.62. The van der Waals surface area contributed by atoms with E-state index in [-0.39, 0.29) is 18.3 Å². The number of benzene rings is 2. The number of aromatic nitrogens is 1. The number of carbonyl (C=O) groups is 1. The molecule has 33 heavy (non-hydrogen) atoms. The van der Waals surface area contributed by atoms with Gasteiger partial charge in [-0.15, -0.1) is 35.1 Å². The minimum atomic E-state index is -0.170. The second-order valence-corrected chi connectivity index (χ2v) is 10.3. The van der Waals surface area contributed by atoms with Gasteiger partial charge in [-0.3, -0.25) is 9.69 Å². The van der Waals surface area contributed by atoms with E-state index < -0.39 is 0 Å². The van der Waals surface area contributed by atoms with Crippen molar-refractivity contribution in [2.24, 2.45) is 0 Å². The predicted molar refractivity (Wildman–Crippen MR) is 139 cm³/mol. The Morgan fingerprint density at radius 1 is 1.15 bits per heavy atom. The summed E-state index contributed by atoms with van der Waals surface area (Å²) in [5.74, 6) is -0.170. The molecule has 2 aromatic heterocycles. The van der Waals surface area contributed by atoms with E-state index in [2.05, 4.69) is 36.2 Å². The van der Waals surface area contributed by atoms with Crippen molar-refractivity contribution in [2.75, 3.05) is 11.9 Å². The van der Waals surface area contributed by atoms with Gasteiger partial charge in [0.2, 0.25) is 0 Å². The fourth-order valence-electron chi connectivity index (χ4n) is 4.03. The molecule has 0 saturated heterocycles. The van der Waals surface area contributed by atoms with E-state index in [1.165, 1.54) is 10.4 Å². The molecule has 0 radical (unpaired) electrons. The SMILES string of the molecule is CC(C)N1CCc2c(sc(NC(=O)c3ccc(C#N)cc3)c2-c2nc3ccccc3s2)C1.Cl. The van der Waals surface area contributed by atoms with E-state index in [1.807, 2.05) is 18.2 Å². The van der Waals surface area contributed by atoms with Crippen molar-refractivity contribution in [3.05, 3.63) is 70.1 Å². The zero-order valence-electron chi connectivity index (χ0n) is 18.3. The van der Waals surface area contributed by atoms with Gasteiger partial charge in [-0.05, 0) is 62.2 Å². The topological polar surface area (TPSA) is 69.0 Å². The molecular weight excluding hydrogens is 472 g/mol. The van der Waals surface area contributed by atoms with Crippen LogP contribution in [-0.4, -0.2) is 28.4 Å². The number of para-hydroxylation sites is 1. The lowest BCUT2D eigenvalue weighted by Crippen LogP contribution is -2.35. The van der Waals surface area contributed by atoms with Crippen molar-refractivity contribution in [3.8, 4) is 16.6 Å². The van der Waals surface area contributed by atoms with Gasteiger partial charge < -0.3 is 5.32 Å². The molecule has 0 aliphatic carbocycles. The molecule has 8 heteroatoms. The summed E-state index contributed by atoms with van der Waals surface area (Å²) in [6.07, 6.45) is 0.946. The standard InChI is InChI=1S/C25H22N4OS2.ClH/c1-15(2)29-12-11-18-21(14-29)32-25(28-23(30)17-9-7-16(13-26)8-10-17)22(18)24-27-19-5-3-4-6-20(19)31-24;/h3-10,15H,11-12,14H2,1-2H3,(H,28,30);1H. The van der Waals surface area contributed by atoms with Gasteiger partial charge in [-0.2, -0.15) is 5.26 Å². The van der Waals surface area contributed by atoms with Gasteiger partial charge in [0.15, 0.2) is 0 Å². The lowest BCUT2D eigenvalue weighted by molar-refractivity contribution is 0.102. The highest BCUT2D eigenvalue weighted by atomic mass is 35.5. The molecule has 3 heterocycles. The summed E-state index contributed by atoms with van der Waals surface area (Å²) in [7, 11) is 0. The summed E-state index contributed by atoms with van der Waals surface area (Å²) in [6, 6.07) is 17.4. The Balaban J connectivity index is 0.00000259. The number of amides is 1. The van der Waals surface area contributed by atoms with Crippen molar-refractivity contribution >= 4 is 56.2 Å². The number of thiazole rings is 1. The summed E-state index contributed by atoms with van der Waals surface area (Å²) < 4.78 is 1.14. The largest absolute Gasteiger partial charge is 0.313 e. The maximum absolute atomic E-state index is 13.0. The van der Waals surface area contributed by atoms with Crippen LogP contribution < -0.4 is 5.32 Å². The summed E-state index contributed by atoms with van der Waals surface area (Å²) in [5, 5.41) is 14.0. The molecule has 168 valence electrons. The molecule has 0 saturated carbocycles. The quantitative estimate of drug-likeness (QED) is 0.359. The van der Waals surface area contributed by atoms with Gasteiger partial charge in [-0.1, -0.05) is 12.1 Å². The number of hydrogen-bond acceptors (Lipinski definition) is 6. The number of hydrogen-bond donors (Lipinski definition) is 1. The number of nitrogens with zero attached hydrogens (tertiary/aromatic N) is 3. The van der Waals surface area contributed by atoms with Crippen molar-refractivity contribution in [1.82, 2.24) is 9.88 Å². The summed E-state index contributed by atoms with van der Waals surface area (Å²) in [6.45, 7) is 6.34. The number of fused-ring (bicyclic) bond motifs is 2. The van der Waals surface area contributed by atoms with Crippen LogP contribution in [0.2, 0.25) is 0 Å². The molecule has 0 atom stereocenters. The van der Waals surface area contributed by atoms with Crippen LogP contribution in [0.1, 0.15) is 40.2 Å². The average molecular weight is 495 g/mol. The van der Waals surface area contributed by atoms with E-state index in [9.17, 15) is 4.79 Å². The van der Waals surface area contributed by atoms with E-state index >= 15 is 0 Å². The minimum Gasteiger partial charge on any atom is -0.313 e. The van der Waals surface area contributed by atoms with Gasteiger partial charge in [0.05, 0.1) is 21.8 Å². The number of anilines is 1. The van der Waals surface area contributed by atoms with Crippen LogP contribution in [0.25, 0.3) is 20.8 Å². The van der Waals surface area contributed by atoms with Crippen LogP contribution in [0, 0.1) is 11.3 Å². The van der Waals surface area contributed by atoms with Gasteiger partial charge in [0.25, 0.3) is 5.91 Å². The molecule has 1 N–H and O–H groups in total. The predicted octanol–water partition coefficient (Wildman–Crippen LogP) is 6.34. The summed E-state index contributed by atoms with van der Waals surface area (Å²) in [5.41, 5.74) is 4.43. The molecule has 1 aliphatic heterocycles. The third-order valence-corrected chi connectivity index (χ3v) is 8.01. The molecule has 1 amide bonds. The zero-order valence-corrected chi connectivity index (χ0v) is 20.7. The molecular formula is C25H23ClN4OS2. The van der Waals surface area contributed by atoms with Crippen molar-refractivity contribution in [2.45, 2.75) is 32.9 Å². The first-order valence-corrected chi connectivity index (χ1v) is 12.2. The molecule has 1 aliphatic rings. The lowest BCUT2D eigenvalue weighted by Gasteiger charge is -2.30. The van der Waals surface area contributed by atoms with Crippen LogP contribution in [0.5, 0.6) is 0 Å². The maximum Gasteiger partial charge on any atom is 0.256 e. The molecule has 0 bridgehead atoms. The minimum absolute atomic E-state index is 0. The summed E-state index contributed by atoms with van der Waals surface area (Å²) in [4.78, 5) is 21.7. The molecule has 5 rings (SSSR count). The van der Waals surface area contributed by atoms with E-state index in [0.717, 1.165) is 45.3 Å². The van der Waals surface area contributed by atoms with Crippen LogP contribution in [0.3, 0.4) is 0 Å². The van der Waals surface area contributed by atoms with Crippen molar-refractivity contribution in [1.29, 1.82) is 5.26 Å². The van der Waals surface area contributed by atoms with Crippen LogP contribution in [0.4, 0.5) is 5.00 Å². The third-order valence-electron chi connectivity index (χ3n) is 5.83. The highest BCUT2D eigenvalue weighted by Gasteiger charge is 2.28. The number of nitriles is 1. The molecule has 5 nitrogen and oxygen atoms in total. The average Bonchev–Trinajstić information content (AvgIpc) is 3.38. The Kier molecular flexibility index (Phi) is 6.82. The zero-order chi connectivity index (χ0) is 22.2.